The standard InChI is InChI=1S/C9H10F3N3OS/c10-9(11,12)17-4-3-15-8(16)6-1-2-14-7(13)5-6/h1-2,5H,3-4H2,(H2,13,14)(H,15,16). The SMILES string of the molecule is Nc1cc(C(=O)NCCSC(F)(F)F)ccn1. The van der Waals surface area contributed by atoms with Gasteiger partial charge in [-0.15, -0.1) is 0 Å². The van der Waals surface area contributed by atoms with Crippen molar-refractivity contribution in [2.24, 2.45) is 0 Å². The summed E-state index contributed by atoms with van der Waals surface area (Å²) in [4.78, 5) is 15.1. The third-order valence-electron chi connectivity index (χ3n) is 1.70. The van der Waals surface area contributed by atoms with E-state index in [0.29, 0.717) is 0 Å². The predicted octanol–water partition coefficient (Wildman–Crippen LogP) is 1.65. The van der Waals surface area contributed by atoms with Crippen molar-refractivity contribution in [3.05, 3.63) is 23.9 Å². The van der Waals surface area contributed by atoms with Crippen molar-refractivity contribution in [2.45, 2.75) is 5.51 Å². The fraction of sp³-hybridized carbons (Fsp3) is 0.333. The van der Waals surface area contributed by atoms with Gasteiger partial charge in [0.15, 0.2) is 0 Å². The fourth-order valence-electron chi connectivity index (χ4n) is 1.02. The highest BCUT2D eigenvalue weighted by atomic mass is 32.2. The number of carbonyl (C=O) groups excluding carboxylic acids is 1. The zero-order valence-corrected chi connectivity index (χ0v) is 9.44. The normalized spacial score (nSPS) is 11.2. The summed E-state index contributed by atoms with van der Waals surface area (Å²) in [5, 5.41) is 2.36. The van der Waals surface area contributed by atoms with Crippen molar-refractivity contribution < 1.29 is 18.0 Å². The van der Waals surface area contributed by atoms with Crippen LogP contribution in [0.3, 0.4) is 0 Å². The molecule has 1 aromatic heterocycles. The number of hydrogen-bond donors (Lipinski definition) is 2. The van der Waals surface area contributed by atoms with Gasteiger partial charge in [0.1, 0.15) is 5.82 Å². The summed E-state index contributed by atoms with van der Waals surface area (Å²) < 4.78 is 35.3. The molecule has 3 N–H and O–H groups in total. The summed E-state index contributed by atoms with van der Waals surface area (Å²) in [6, 6.07) is 2.79. The molecule has 0 fully saturated rings. The van der Waals surface area contributed by atoms with Gasteiger partial charge in [-0.1, -0.05) is 0 Å². The summed E-state index contributed by atoms with van der Waals surface area (Å²) >= 11 is -0.178. The number of nitrogen functional groups attached to an aromatic ring is 1. The lowest BCUT2D eigenvalue weighted by Crippen LogP contribution is -2.26. The van der Waals surface area contributed by atoms with E-state index in [0.717, 1.165) is 0 Å². The summed E-state index contributed by atoms with van der Waals surface area (Å²) in [7, 11) is 0. The molecule has 0 saturated heterocycles. The van der Waals surface area contributed by atoms with Gasteiger partial charge in [-0.25, -0.2) is 4.98 Å². The molecule has 94 valence electrons. The van der Waals surface area contributed by atoms with Crippen LogP contribution in [0.4, 0.5) is 19.0 Å². The Bertz CT molecular complexity index is 397. The number of nitrogens with one attached hydrogen (secondary N) is 1. The summed E-state index contributed by atoms with van der Waals surface area (Å²) in [5.41, 5.74) is 1.37. The Morgan fingerprint density at radius 1 is 1.53 bits per heavy atom. The number of hydrogen-bond acceptors (Lipinski definition) is 4. The highest BCUT2D eigenvalue weighted by Crippen LogP contribution is 2.29. The number of nitrogens with two attached hydrogens (primary N) is 1. The molecule has 1 amide bonds. The van der Waals surface area contributed by atoms with Crippen LogP contribution < -0.4 is 11.1 Å². The van der Waals surface area contributed by atoms with Crippen LogP contribution in [0, 0.1) is 0 Å². The van der Waals surface area contributed by atoms with E-state index >= 15 is 0 Å². The Hall–Kier alpha value is -1.44. The zero-order chi connectivity index (χ0) is 12.9. The molecule has 1 heterocycles. The second-order valence-corrected chi connectivity index (χ2v) is 4.18. The highest BCUT2D eigenvalue weighted by Gasteiger charge is 2.27. The van der Waals surface area contributed by atoms with E-state index in [4.69, 9.17) is 5.73 Å². The largest absolute Gasteiger partial charge is 0.441 e. The second-order valence-electron chi connectivity index (χ2n) is 3.02. The number of amides is 1. The Morgan fingerprint density at radius 2 is 2.24 bits per heavy atom. The van der Waals surface area contributed by atoms with Crippen molar-refractivity contribution in [1.82, 2.24) is 10.3 Å². The van der Waals surface area contributed by atoms with Gasteiger partial charge < -0.3 is 11.1 Å². The molecule has 1 rings (SSSR count). The van der Waals surface area contributed by atoms with Gasteiger partial charge >= 0.3 is 5.51 Å². The lowest BCUT2D eigenvalue weighted by Gasteiger charge is -2.07. The first kappa shape index (κ1) is 13.6. The molecule has 0 aliphatic rings. The Balaban J connectivity index is 2.36. The molecule has 8 heteroatoms. The zero-order valence-electron chi connectivity index (χ0n) is 8.62. The quantitative estimate of drug-likeness (QED) is 0.812. The summed E-state index contributed by atoms with van der Waals surface area (Å²) in [5.74, 6) is -0.514. The number of alkyl halides is 3. The number of anilines is 1. The molecule has 0 saturated carbocycles. The molecule has 0 atom stereocenters. The van der Waals surface area contributed by atoms with Crippen molar-refractivity contribution in [1.29, 1.82) is 0 Å². The van der Waals surface area contributed by atoms with E-state index in [-0.39, 0.29) is 35.4 Å². The average molecular weight is 265 g/mol. The molecule has 0 bridgehead atoms. The molecule has 0 spiro atoms. The monoisotopic (exact) mass is 265 g/mol. The summed E-state index contributed by atoms with van der Waals surface area (Å²) in [6.45, 7) is -0.0642. The van der Waals surface area contributed by atoms with Gasteiger partial charge in [0.05, 0.1) is 0 Å². The van der Waals surface area contributed by atoms with Crippen LogP contribution in [0.15, 0.2) is 18.3 Å². The maximum atomic E-state index is 11.8. The fourth-order valence-corrected chi connectivity index (χ4v) is 1.46. The van der Waals surface area contributed by atoms with Crippen LogP contribution in [0.25, 0.3) is 0 Å². The predicted molar refractivity (Wildman–Crippen MR) is 59.5 cm³/mol. The molecule has 0 unspecified atom stereocenters. The van der Waals surface area contributed by atoms with E-state index in [9.17, 15) is 18.0 Å². The molecule has 0 aliphatic heterocycles. The van der Waals surface area contributed by atoms with Gasteiger partial charge in [-0.2, -0.15) is 13.2 Å². The van der Waals surface area contributed by atoms with Gasteiger partial charge in [-0.05, 0) is 23.9 Å². The van der Waals surface area contributed by atoms with Crippen molar-refractivity contribution in [3.8, 4) is 0 Å². The van der Waals surface area contributed by atoms with E-state index in [1.807, 2.05) is 0 Å². The van der Waals surface area contributed by atoms with Crippen LogP contribution >= 0.6 is 11.8 Å². The number of rotatable bonds is 4. The number of halogens is 3. The van der Waals surface area contributed by atoms with Crippen LogP contribution in [-0.4, -0.2) is 28.7 Å². The topological polar surface area (TPSA) is 68.0 Å². The average Bonchev–Trinajstić information content (AvgIpc) is 2.23. The van der Waals surface area contributed by atoms with Gasteiger partial charge in [0.25, 0.3) is 5.91 Å². The third kappa shape index (κ3) is 5.43. The van der Waals surface area contributed by atoms with E-state index < -0.39 is 11.4 Å². The highest BCUT2D eigenvalue weighted by molar-refractivity contribution is 8.00. The first-order valence-electron chi connectivity index (χ1n) is 4.59. The Kier molecular flexibility index (Phi) is 4.62. The van der Waals surface area contributed by atoms with Gasteiger partial charge in [-0.3, -0.25) is 4.79 Å². The van der Waals surface area contributed by atoms with Crippen molar-refractivity contribution in [3.63, 3.8) is 0 Å². The number of thioether (sulfide) groups is 1. The Morgan fingerprint density at radius 3 is 2.82 bits per heavy atom. The minimum atomic E-state index is -4.27. The lowest BCUT2D eigenvalue weighted by molar-refractivity contribution is -0.0327. The minimum absolute atomic E-state index is 0.0642. The molecule has 0 aliphatic carbocycles. The minimum Gasteiger partial charge on any atom is -0.384 e. The molecular weight excluding hydrogens is 255 g/mol. The van der Waals surface area contributed by atoms with E-state index in [1.165, 1.54) is 18.3 Å². The van der Waals surface area contributed by atoms with Crippen LogP contribution in [-0.2, 0) is 0 Å². The van der Waals surface area contributed by atoms with Crippen LogP contribution in [0.1, 0.15) is 10.4 Å². The number of pyridine rings is 1. The van der Waals surface area contributed by atoms with Gasteiger partial charge in [0.2, 0.25) is 0 Å². The third-order valence-corrected chi connectivity index (χ3v) is 2.43. The number of aromatic nitrogens is 1. The van der Waals surface area contributed by atoms with Gasteiger partial charge in [0, 0.05) is 24.1 Å². The first-order chi connectivity index (χ1) is 7.88. The smallest absolute Gasteiger partial charge is 0.384 e. The van der Waals surface area contributed by atoms with Crippen LogP contribution in [0.5, 0.6) is 0 Å². The second kappa shape index (κ2) is 5.76. The summed E-state index contributed by atoms with van der Waals surface area (Å²) in [6.07, 6.45) is 1.36. The van der Waals surface area contributed by atoms with E-state index in [2.05, 4.69) is 10.3 Å². The Labute approximate surface area is 99.8 Å². The van der Waals surface area contributed by atoms with Crippen molar-refractivity contribution >= 4 is 23.5 Å². The first-order valence-corrected chi connectivity index (χ1v) is 5.57. The molecule has 1 aromatic rings. The maximum absolute atomic E-state index is 11.8. The molecule has 4 nitrogen and oxygen atoms in total. The lowest BCUT2D eigenvalue weighted by atomic mass is 10.2. The van der Waals surface area contributed by atoms with E-state index in [1.54, 1.807) is 0 Å². The van der Waals surface area contributed by atoms with Crippen LogP contribution in [0.2, 0.25) is 0 Å². The number of nitrogens with zero attached hydrogens (tertiary/aromatic N) is 1. The maximum Gasteiger partial charge on any atom is 0.441 e. The molecular formula is C9H10F3N3OS. The number of carbonyl (C=O) groups is 1. The van der Waals surface area contributed by atoms with Crippen molar-refractivity contribution in [2.75, 3.05) is 18.0 Å². The molecule has 0 aromatic carbocycles. The molecule has 17 heavy (non-hydrogen) atoms. The molecule has 0 radical (unpaired) electrons.